The van der Waals surface area contributed by atoms with Crippen LogP contribution in [0.5, 0.6) is 0 Å². The molecule has 0 radical (unpaired) electrons. The van der Waals surface area contributed by atoms with E-state index in [2.05, 4.69) is 0 Å². The molecule has 0 saturated carbocycles. The molecule has 0 saturated heterocycles. The zero-order valence-corrected chi connectivity index (χ0v) is 8.07. The summed E-state index contributed by atoms with van der Waals surface area (Å²) in [4.78, 5) is 0. The molecule has 2 N–H and O–H groups in total. The van der Waals surface area contributed by atoms with Gasteiger partial charge in [-0.25, -0.2) is 4.39 Å². The first kappa shape index (κ1) is 9.21. The van der Waals surface area contributed by atoms with E-state index in [-0.39, 0.29) is 6.54 Å². The minimum Gasteiger partial charge on any atom is -0.350 e. The van der Waals surface area contributed by atoms with Crippen molar-refractivity contribution in [3.8, 4) is 0 Å². The fraction of sp³-hybridized carbons (Fsp3) is 0.273. The summed E-state index contributed by atoms with van der Waals surface area (Å²) in [6.07, 6.45) is 0.739. The summed E-state index contributed by atoms with van der Waals surface area (Å²) < 4.78 is 15.4. The van der Waals surface area contributed by atoms with Gasteiger partial charge < -0.3 is 10.3 Å². The van der Waals surface area contributed by atoms with E-state index in [9.17, 15) is 4.39 Å². The molecular weight excluding hydrogens is 179 g/mol. The summed E-state index contributed by atoms with van der Waals surface area (Å²) >= 11 is 0. The molecule has 14 heavy (non-hydrogen) atoms. The first-order valence-electron chi connectivity index (χ1n) is 4.62. The van der Waals surface area contributed by atoms with Gasteiger partial charge in [0.2, 0.25) is 0 Å². The number of halogens is 1. The molecule has 0 bridgehead atoms. The number of aromatic nitrogens is 1. The number of aryl methyl sites for hydroxylation is 1. The van der Waals surface area contributed by atoms with Crippen molar-refractivity contribution in [2.75, 3.05) is 6.54 Å². The molecule has 1 aromatic carbocycles. The Kier molecular flexibility index (Phi) is 2.25. The first-order valence-corrected chi connectivity index (χ1v) is 4.62. The number of nitrogens with two attached hydrogens (primary N) is 1. The van der Waals surface area contributed by atoms with Crippen molar-refractivity contribution < 1.29 is 4.39 Å². The lowest BCUT2D eigenvalue weighted by Crippen LogP contribution is -2.07. The molecule has 1 unspecified atom stereocenters. The van der Waals surface area contributed by atoms with Gasteiger partial charge in [-0.1, -0.05) is 18.2 Å². The average Bonchev–Trinajstić information content (AvgIpc) is 2.56. The van der Waals surface area contributed by atoms with Crippen LogP contribution in [0.15, 0.2) is 30.5 Å². The predicted molar refractivity (Wildman–Crippen MR) is 55.8 cm³/mol. The van der Waals surface area contributed by atoms with Crippen molar-refractivity contribution in [2.45, 2.75) is 6.17 Å². The van der Waals surface area contributed by atoms with Crippen molar-refractivity contribution in [1.29, 1.82) is 0 Å². The van der Waals surface area contributed by atoms with Crippen LogP contribution in [-0.4, -0.2) is 11.1 Å². The molecule has 0 fully saturated rings. The third-order valence-electron chi connectivity index (χ3n) is 2.47. The largest absolute Gasteiger partial charge is 0.350 e. The zero-order valence-electron chi connectivity index (χ0n) is 8.07. The Morgan fingerprint density at radius 2 is 2.14 bits per heavy atom. The van der Waals surface area contributed by atoms with Crippen LogP contribution in [0.4, 0.5) is 4.39 Å². The van der Waals surface area contributed by atoms with E-state index in [0.29, 0.717) is 5.56 Å². The first-order chi connectivity index (χ1) is 6.74. The summed E-state index contributed by atoms with van der Waals surface area (Å²) in [7, 11) is 1.91. The van der Waals surface area contributed by atoms with Crippen LogP contribution in [-0.2, 0) is 7.05 Å². The molecule has 3 heteroatoms. The quantitative estimate of drug-likeness (QED) is 0.776. The smallest absolute Gasteiger partial charge is 0.139 e. The summed E-state index contributed by atoms with van der Waals surface area (Å²) in [5.74, 6) is 0. The maximum atomic E-state index is 13.5. The van der Waals surface area contributed by atoms with Gasteiger partial charge in [-0.15, -0.1) is 0 Å². The van der Waals surface area contributed by atoms with Crippen molar-refractivity contribution in [1.82, 2.24) is 4.57 Å². The number of benzene rings is 1. The Bertz CT molecular complexity index is 447. The van der Waals surface area contributed by atoms with Gasteiger partial charge in [0.05, 0.1) is 0 Å². The van der Waals surface area contributed by atoms with Crippen LogP contribution in [0.1, 0.15) is 11.7 Å². The maximum absolute atomic E-state index is 13.5. The van der Waals surface area contributed by atoms with Crippen molar-refractivity contribution in [3.63, 3.8) is 0 Å². The summed E-state index contributed by atoms with van der Waals surface area (Å²) in [6.45, 7) is 0.0357. The van der Waals surface area contributed by atoms with E-state index in [0.717, 1.165) is 10.9 Å². The van der Waals surface area contributed by atoms with Gasteiger partial charge in [0, 0.05) is 36.3 Å². The van der Waals surface area contributed by atoms with Gasteiger partial charge >= 0.3 is 0 Å². The number of para-hydroxylation sites is 1. The van der Waals surface area contributed by atoms with Gasteiger partial charge in [0.15, 0.2) is 0 Å². The standard InChI is InChI=1S/C11H13FN2/c1-14-7-9(10(12)6-13)8-4-2-3-5-11(8)14/h2-5,7,10H,6,13H2,1H3. The molecule has 1 aromatic heterocycles. The lowest BCUT2D eigenvalue weighted by Gasteiger charge is -2.01. The number of nitrogens with zero attached hydrogens (tertiary/aromatic N) is 1. The second-order valence-electron chi connectivity index (χ2n) is 3.42. The summed E-state index contributed by atoms with van der Waals surface area (Å²) in [5.41, 5.74) is 7.05. The number of fused-ring (bicyclic) bond motifs is 1. The topological polar surface area (TPSA) is 30.9 Å². The number of hydrogen-bond donors (Lipinski definition) is 1. The molecule has 0 aliphatic heterocycles. The second-order valence-corrected chi connectivity index (χ2v) is 3.42. The minimum atomic E-state index is -1.07. The molecule has 1 atom stereocenters. The SMILES string of the molecule is Cn1cc(C(F)CN)c2ccccc21. The highest BCUT2D eigenvalue weighted by molar-refractivity contribution is 5.84. The van der Waals surface area contributed by atoms with Gasteiger partial charge in [0.1, 0.15) is 6.17 Å². The molecule has 2 nitrogen and oxygen atoms in total. The average molecular weight is 192 g/mol. The van der Waals surface area contributed by atoms with E-state index < -0.39 is 6.17 Å². The van der Waals surface area contributed by atoms with Crippen molar-refractivity contribution in [3.05, 3.63) is 36.0 Å². The van der Waals surface area contributed by atoms with Crippen molar-refractivity contribution >= 4 is 10.9 Å². The zero-order chi connectivity index (χ0) is 10.1. The Labute approximate surface area is 82.1 Å². The number of alkyl halides is 1. The van der Waals surface area contributed by atoms with Crippen molar-refractivity contribution in [2.24, 2.45) is 12.8 Å². The monoisotopic (exact) mass is 192 g/mol. The highest BCUT2D eigenvalue weighted by atomic mass is 19.1. The van der Waals surface area contributed by atoms with Crippen LogP contribution < -0.4 is 5.73 Å². The predicted octanol–water partition coefficient (Wildman–Crippen LogP) is 2.15. The Morgan fingerprint density at radius 3 is 2.86 bits per heavy atom. The third kappa shape index (κ3) is 1.30. The van der Waals surface area contributed by atoms with E-state index in [1.165, 1.54) is 0 Å². The number of rotatable bonds is 2. The molecule has 0 spiro atoms. The van der Waals surface area contributed by atoms with Gasteiger partial charge in [-0.2, -0.15) is 0 Å². The fourth-order valence-electron chi connectivity index (χ4n) is 1.75. The molecule has 1 heterocycles. The van der Waals surface area contributed by atoms with Crippen LogP contribution in [0.25, 0.3) is 10.9 Å². The van der Waals surface area contributed by atoms with Crippen LogP contribution in [0.3, 0.4) is 0 Å². The lowest BCUT2D eigenvalue weighted by atomic mass is 10.1. The van der Waals surface area contributed by atoms with Crippen LogP contribution in [0.2, 0.25) is 0 Å². The Morgan fingerprint density at radius 1 is 1.43 bits per heavy atom. The summed E-state index contributed by atoms with van der Waals surface area (Å²) in [5, 5.41) is 0.952. The molecule has 0 amide bonds. The van der Waals surface area contributed by atoms with E-state index >= 15 is 0 Å². The molecule has 2 rings (SSSR count). The van der Waals surface area contributed by atoms with Gasteiger partial charge in [0.25, 0.3) is 0 Å². The van der Waals surface area contributed by atoms with Crippen LogP contribution >= 0.6 is 0 Å². The molecule has 2 aromatic rings. The summed E-state index contributed by atoms with van der Waals surface area (Å²) in [6, 6.07) is 7.76. The fourth-order valence-corrected chi connectivity index (χ4v) is 1.75. The van der Waals surface area contributed by atoms with Gasteiger partial charge in [-0.05, 0) is 6.07 Å². The minimum absolute atomic E-state index is 0.0357. The highest BCUT2D eigenvalue weighted by Gasteiger charge is 2.13. The van der Waals surface area contributed by atoms with E-state index in [1.807, 2.05) is 42.1 Å². The molecule has 0 aliphatic rings. The normalized spacial score (nSPS) is 13.4. The lowest BCUT2D eigenvalue weighted by molar-refractivity contribution is 0.355. The Balaban J connectivity index is 2.66. The maximum Gasteiger partial charge on any atom is 0.139 e. The van der Waals surface area contributed by atoms with Gasteiger partial charge in [-0.3, -0.25) is 0 Å². The second kappa shape index (κ2) is 3.42. The van der Waals surface area contributed by atoms with E-state index in [4.69, 9.17) is 5.73 Å². The Hall–Kier alpha value is -1.35. The molecule has 74 valence electrons. The molecular formula is C11H13FN2. The molecule has 0 aliphatic carbocycles. The van der Waals surface area contributed by atoms with Crippen LogP contribution in [0, 0.1) is 0 Å². The third-order valence-corrected chi connectivity index (χ3v) is 2.47. The highest BCUT2D eigenvalue weighted by Crippen LogP contribution is 2.27. The number of hydrogen-bond acceptors (Lipinski definition) is 1. The van der Waals surface area contributed by atoms with E-state index in [1.54, 1.807) is 0 Å².